The molecular formula is C12H23N3OS. The highest BCUT2D eigenvalue weighted by Gasteiger charge is 2.19. The summed E-state index contributed by atoms with van der Waals surface area (Å²) in [4.78, 5) is 4.73. The molecule has 4 nitrogen and oxygen atoms in total. The summed E-state index contributed by atoms with van der Waals surface area (Å²) in [6, 6.07) is 0. The number of likely N-dealkylation sites (N-methyl/N-ethyl adjacent to an activating group) is 1. The van der Waals surface area contributed by atoms with Crippen molar-refractivity contribution in [3.63, 3.8) is 0 Å². The number of rotatable bonds is 3. The van der Waals surface area contributed by atoms with Crippen molar-refractivity contribution in [1.82, 2.24) is 15.1 Å². The molecule has 1 atom stereocenters. The van der Waals surface area contributed by atoms with E-state index in [4.69, 9.17) is 17.0 Å². The number of nitrogens with one attached hydrogen (secondary N) is 1. The highest BCUT2D eigenvalue weighted by molar-refractivity contribution is 7.80. The van der Waals surface area contributed by atoms with Gasteiger partial charge in [-0.15, -0.1) is 0 Å². The van der Waals surface area contributed by atoms with Gasteiger partial charge in [-0.05, 0) is 31.6 Å². The normalized spacial score (nSPS) is 26.2. The van der Waals surface area contributed by atoms with Gasteiger partial charge in [0, 0.05) is 39.3 Å². The van der Waals surface area contributed by atoms with E-state index < -0.39 is 0 Å². The number of piperazine rings is 1. The van der Waals surface area contributed by atoms with Crippen LogP contribution in [0.4, 0.5) is 0 Å². The van der Waals surface area contributed by atoms with Crippen molar-refractivity contribution in [3.8, 4) is 0 Å². The SMILES string of the molecule is CCN1CCN(C(=S)NC[C@@H]2CCCO2)CC1. The van der Waals surface area contributed by atoms with Gasteiger partial charge >= 0.3 is 0 Å². The molecule has 2 fully saturated rings. The number of hydrogen-bond donors (Lipinski definition) is 1. The fraction of sp³-hybridized carbons (Fsp3) is 0.917. The molecule has 2 aliphatic heterocycles. The topological polar surface area (TPSA) is 27.7 Å². The first-order valence-corrected chi connectivity index (χ1v) is 7.07. The second-order valence-corrected chi connectivity index (χ2v) is 5.13. The molecule has 2 saturated heterocycles. The zero-order chi connectivity index (χ0) is 12.1. The van der Waals surface area contributed by atoms with Crippen molar-refractivity contribution in [1.29, 1.82) is 0 Å². The van der Waals surface area contributed by atoms with E-state index in [1.807, 2.05) is 0 Å². The van der Waals surface area contributed by atoms with Crippen LogP contribution in [-0.2, 0) is 4.74 Å². The Morgan fingerprint density at radius 3 is 2.71 bits per heavy atom. The van der Waals surface area contributed by atoms with Crippen molar-refractivity contribution in [3.05, 3.63) is 0 Å². The molecule has 0 aromatic rings. The fourth-order valence-corrected chi connectivity index (χ4v) is 2.65. The molecule has 0 spiro atoms. The summed E-state index contributed by atoms with van der Waals surface area (Å²) in [5.41, 5.74) is 0. The molecule has 1 N–H and O–H groups in total. The van der Waals surface area contributed by atoms with Gasteiger partial charge in [0.2, 0.25) is 0 Å². The lowest BCUT2D eigenvalue weighted by molar-refractivity contribution is 0.112. The lowest BCUT2D eigenvalue weighted by Gasteiger charge is -2.35. The van der Waals surface area contributed by atoms with Crippen LogP contribution in [0.2, 0.25) is 0 Å². The van der Waals surface area contributed by atoms with Crippen molar-refractivity contribution in [2.75, 3.05) is 45.9 Å². The quantitative estimate of drug-likeness (QED) is 0.751. The van der Waals surface area contributed by atoms with E-state index in [1.165, 1.54) is 12.8 Å². The summed E-state index contributed by atoms with van der Waals surface area (Å²) < 4.78 is 5.58. The molecule has 98 valence electrons. The van der Waals surface area contributed by atoms with E-state index in [2.05, 4.69) is 22.0 Å². The molecule has 0 saturated carbocycles. The fourth-order valence-electron chi connectivity index (χ4n) is 2.39. The number of nitrogens with zero attached hydrogens (tertiary/aromatic N) is 2. The second kappa shape index (κ2) is 6.52. The number of ether oxygens (including phenoxy) is 1. The first-order valence-electron chi connectivity index (χ1n) is 6.66. The summed E-state index contributed by atoms with van der Waals surface area (Å²) in [6.45, 7) is 9.47. The van der Waals surface area contributed by atoms with Crippen LogP contribution in [0.1, 0.15) is 19.8 Å². The van der Waals surface area contributed by atoms with E-state index >= 15 is 0 Å². The predicted octanol–water partition coefficient (Wildman–Crippen LogP) is 0.677. The Hall–Kier alpha value is -0.390. The molecule has 5 heteroatoms. The Morgan fingerprint density at radius 1 is 1.35 bits per heavy atom. The van der Waals surface area contributed by atoms with E-state index in [1.54, 1.807) is 0 Å². The zero-order valence-corrected chi connectivity index (χ0v) is 11.5. The zero-order valence-electron chi connectivity index (χ0n) is 10.7. The van der Waals surface area contributed by atoms with Gasteiger partial charge in [0.05, 0.1) is 6.10 Å². The van der Waals surface area contributed by atoms with Crippen LogP contribution in [0.5, 0.6) is 0 Å². The lowest BCUT2D eigenvalue weighted by atomic mass is 10.2. The van der Waals surface area contributed by atoms with E-state index in [9.17, 15) is 0 Å². The van der Waals surface area contributed by atoms with Gasteiger partial charge in [0.15, 0.2) is 5.11 Å². The van der Waals surface area contributed by atoms with Crippen molar-refractivity contribution in [2.24, 2.45) is 0 Å². The van der Waals surface area contributed by atoms with Gasteiger partial charge in [-0.2, -0.15) is 0 Å². The van der Waals surface area contributed by atoms with Gasteiger partial charge in [0.1, 0.15) is 0 Å². The first kappa shape index (κ1) is 13.1. The van der Waals surface area contributed by atoms with E-state index in [0.29, 0.717) is 6.10 Å². The van der Waals surface area contributed by atoms with Gasteiger partial charge in [-0.3, -0.25) is 0 Å². The molecule has 2 aliphatic rings. The minimum absolute atomic E-state index is 0.366. The third kappa shape index (κ3) is 3.79. The molecule has 0 unspecified atom stereocenters. The minimum Gasteiger partial charge on any atom is -0.376 e. The number of thiocarbonyl (C=S) groups is 1. The highest BCUT2D eigenvalue weighted by atomic mass is 32.1. The molecule has 0 aromatic carbocycles. The number of hydrogen-bond acceptors (Lipinski definition) is 3. The summed E-state index contributed by atoms with van der Waals surface area (Å²) in [5, 5.41) is 4.24. The van der Waals surface area contributed by atoms with E-state index in [0.717, 1.165) is 51.0 Å². The Kier molecular flexibility index (Phi) is 5.00. The molecule has 2 rings (SSSR count). The summed E-state index contributed by atoms with van der Waals surface area (Å²) in [7, 11) is 0. The van der Waals surface area contributed by atoms with Crippen molar-refractivity contribution in [2.45, 2.75) is 25.9 Å². The van der Waals surface area contributed by atoms with Crippen molar-refractivity contribution < 1.29 is 4.74 Å². The second-order valence-electron chi connectivity index (χ2n) is 4.74. The molecular weight excluding hydrogens is 234 g/mol. The molecule has 17 heavy (non-hydrogen) atoms. The summed E-state index contributed by atoms with van der Waals surface area (Å²) in [6.07, 6.45) is 2.72. The van der Waals surface area contributed by atoms with Gasteiger partial charge in [0.25, 0.3) is 0 Å². The van der Waals surface area contributed by atoms with Gasteiger partial charge in [-0.25, -0.2) is 0 Å². The Balaban J connectivity index is 1.66. The largest absolute Gasteiger partial charge is 0.376 e. The highest BCUT2D eigenvalue weighted by Crippen LogP contribution is 2.10. The van der Waals surface area contributed by atoms with Gasteiger partial charge in [-0.1, -0.05) is 6.92 Å². The average Bonchev–Trinajstić information content (AvgIpc) is 2.89. The molecule has 0 aromatic heterocycles. The van der Waals surface area contributed by atoms with Crippen LogP contribution in [0.15, 0.2) is 0 Å². The van der Waals surface area contributed by atoms with Crippen LogP contribution in [0.25, 0.3) is 0 Å². The van der Waals surface area contributed by atoms with Crippen LogP contribution in [0.3, 0.4) is 0 Å². The van der Waals surface area contributed by atoms with Crippen LogP contribution in [-0.4, -0.2) is 66.9 Å². The standard InChI is InChI=1S/C12H23N3OS/c1-2-14-5-7-15(8-6-14)12(17)13-10-11-4-3-9-16-11/h11H,2-10H2,1H3,(H,13,17)/t11-/m0/s1. The van der Waals surface area contributed by atoms with E-state index in [-0.39, 0.29) is 0 Å². The molecule has 0 amide bonds. The first-order chi connectivity index (χ1) is 8.29. The van der Waals surface area contributed by atoms with Gasteiger partial charge < -0.3 is 19.9 Å². The predicted molar refractivity (Wildman–Crippen MR) is 73.3 cm³/mol. The Morgan fingerprint density at radius 2 is 2.12 bits per heavy atom. The smallest absolute Gasteiger partial charge is 0.169 e. The maximum Gasteiger partial charge on any atom is 0.169 e. The lowest BCUT2D eigenvalue weighted by Crippen LogP contribution is -2.52. The summed E-state index contributed by atoms with van der Waals surface area (Å²) in [5.74, 6) is 0. The third-order valence-electron chi connectivity index (χ3n) is 3.61. The molecule has 2 heterocycles. The molecule has 0 bridgehead atoms. The minimum atomic E-state index is 0.366. The van der Waals surface area contributed by atoms with Crippen molar-refractivity contribution >= 4 is 17.3 Å². The average molecular weight is 257 g/mol. The Bertz CT molecular complexity index is 248. The van der Waals surface area contributed by atoms with Crippen LogP contribution < -0.4 is 5.32 Å². The maximum atomic E-state index is 5.58. The maximum absolute atomic E-state index is 5.58. The third-order valence-corrected chi connectivity index (χ3v) is 4.01. The monoisotopic (exact) mass is 257 g/mol. The molecule has 0 radical (unpaired) electrons. The van der Waals surface area contributed by atoms with Crippen LogP contribution >= 0.6 is 12.2 Å². The summed E-state index contributed by atoms with van der Waals surface area (Å²) >= 11 is 5.42. The van der Waals surface area contributed by atoms with Crippen LogP contribution in [0, 0.1) is 0 Å². The molecule has 0 aliphatic carbocycles. The Labute approximate surface area is 109 Å².